The van der Waals surface area contributed by atoms with Gasteiger partial charge in [0.05, 0.1) is 4.95 Å². The lowest BCUT2D eigenvalue weighted by atomic mass is 10.1. The van der Waals surface area contributed by atoms with Crippen molar-refractivity contribution in [3.8, 4) is 0 Å². The Kier molecular flexibility index (Phi) is 3.09. The highest BCUT2D eigenvalue weighted by atomic mass is 79.9. The molecule has 1 rings (SSSR count). The number of halogens is 1. The summed E-state index contributed by atoms with van der Waals surface area (Å²) in [7, 11) is 1.94. The first-order chi connectivity index (χ1) is 5.25. The molecule has 0 aliphatic heterocycles. The minimum atomic E-state index is 0.267. The molecule has 0 aliphatic rings. The Morgan fingerprint density at radius 2 is 2.00 bits per heavy atom. The van der Waals surface area contributed by atoms with E-state index >= 15 is 0 Å². The van der Waals surface area contributed by atoms with E-state index in [0.29, 0.717) is 0 Å². The van der Waals surface area contributed by atoms with E-state index in [-0.39, 0.29) is 4.95 Å². The number of nitrogens with one attached hydrogen (secondary N) is 1. The zero-order valence-electron chi connectivity index (χ0n) is 6.76. The van der Waals surface area contributed by atoms with Crippen LogP contribution in [0.1, 0.15) is 16.1 Å². The van der Waals surface area contributed by atoms with Crippen molar-refractivity contribution in [1.29, 1.82) is 0 Å². The second-order valence-corrected chi connectivity index (χ2v) is 3.42. The Morgan fingerprint density at radius 1 is 1.36 bits per heavy atom. The lowest BCUT2D eigenvalue weighted by Crippen LogP contribution is -2.10. The lowest BCUT2D eigenvalue weighted by molar-refractivity contribution is 0.803. The molecule has 0 heterocycles. The van der Waals surface area contributed by atoms with Crippen LogP contribution in [0.15, 0.2) is 24.3 Å². The molecule has 0 aliphatic carbocycles. The van der Waals surface area contributed by atoms with Gasteiger partial charge in [0, 0.05) is 0 Å². The molecule has 1 atom stereocenters. The lowest BCUT2D eigenvalue weighted by Gasteiger charge is -2.10. The van der Waals surface area contributed by atoms with E-state index in [1.807, 2.05) is 19.2 Å². The third-order valence-corrected chi connectivity index (χ3v) is 2.67. The van der Waals surface area contributed by atoms with E-state index < -0.39 is 0 Å². The maximum atomic E-state index is 3.52. The van der Waals surface area contributed by atoms with Gasteiger partial charge in [-0.1, -0.05) is 40.2 Å². The minimum absolute atomic E-state index is 0.267. The molecule has 0 saturated heterocycles. The predicted octanol–water partition coefficient (Wildman–Crippen LogP) is 2.61. The van der Waals surface area contributed by atoms with Crippen molar-refractivity contribution in [2.45, 2.75) is 11.9 Å². The number of rotatable bonds is 2. The van der Waals surface area contributed by atoms with Crippen molar-refractivity contribution in [3.63, 3.8) is 0 Å². The van der Waals surface area contributed by atoms with Crippen molar-refractivity contribution >= 4 is 15.9 Å². The molecule has 0 fully saturated rings. The Hall–Kier alpha value is -0.340. The quantitative estimate of drug-likeness (QED) is 0.589. The Labute approximate surface area is 75.9 Å². The summed E-state index contributed by atoms with van der Waals surface area (Å²) in [6.07, 6.45) is 0. The van der Waals surface area contributed by atoms with Crippen LogP contribution < -0.4 is 5.32 Å². The number of benzene rings is 1. The van der Waals surface area contributed by atoms with Crippen LogP contribution >= 0.6 is 15.9 Å². The number of hydrogen-bond acceptors (Lipinski definition) is 1. The fourth-order valence-corrected chi connectivity index (χ4v) is 1.54. The number of aryl methyl sites for hydroxylation is 1. The van der Waals surface area contributed by atoms with E-state index in [4.69, 9.17) is 0 Å². The Morgan fingerprint density at radius 3 is 2.55 bits per heavy atom. The highest BCUT2D eigenvalue weighted by Gasteiger charge is 2.04. The SMILES string of the molecule is CNC(Br)c1ccccc1C. The van der Waals surface area contributed by atoms with Crippen molar-refractivity contribution < 1.29 is 0 Å². The van der Waals surface area contributed by atoms with Crippen LogP contribution in [0.4, 0.5) is 0 Å². The summed E-state index contributed by atoms with van der Waals surface area (Å²) >= 11 is 3.52. The second-order valence-electron chi connectivity index (χ2n) is 2.51. The number of alkyl halides is 1. The normalized spacial score (nSPS) is 13.0. The molecule has 0 saturated carbocycles. The van der Waals surface area contributed by atoms with Crippen molar-refractivity contribution in [1.82, 2.24) is 5.32 Å². The fourth-order valence-electron chi connectivity index (χ4n) is 1.03. The molecule has 2 heteroatoms. The molecule has 0 bridgehead atoms. The van der Waals surface area contributed by atoms with Gasteiger partial charge in [0.25, 0.3) is 0 Å². The largest absolute Gasteiger partial charge is 0.304 e. The molecule has 1 unspecified atom stereocenters. The van der Waals surface area contributed by atoms with Crippen LogP contribution in [-0.4, -0.2) is 7.05 Å². The topological polar surface area (TPSA) is 12.0 Å². The molecule has 1 N–H and O–H groups in total. The molecule has 1 aromatic carbocycles. The van der Waals surface area contributed by atoms with Crippen LogP contribution in [0.3, 0.4) is 0 Å². The van der Waals surface area contributed by atoms with E-state index in [0.717, 1.165) is 0 Å². The second kappa shape index (κ2) is 3.88. The molecule has 0 amide bonds. The molecule has 1 nitrogen and oxygen atoms in total. The van der Waals surface area contributed by atoms with Gasteiger partial charge in [0.1, 0.15) is 0 Å². The highest BCUT2D eigenvalue weighted by Crippen LogP contribution is 2.21. The third kappa shape index (κ3) is 2.04. The molecular weight excluding hydrogens is 202 g/mol. The first-order valence-corrected chi connectivity index (χ1v) is 4.54. The maximum Gasteiger partial charge on any atom is 0.0886 e. The average molecular weight is 214 g/mol. The standard InChI is InChI=1S/C9H12BrN/c1-7-5-3-4-6-8(7)9(10)11-2/h3-6,9,11H,1-2H3. The summed E-state index contributed by atoms with van der Waals surface area (Å²) in [6.45, 7) is 2.11. The van der Waals surface area contributed by atoms with Gasteiger partial charge in [-0.15, -0.1) is 0 Å². The predicted molar refractivity (Wildman–Crippen MR) is 51.9 cm³/mol. The van der Waals surface area contributed by atoms with Gasteiger partial charge in [0.15, 0.2) is 0 Å². The van der Waals surface area contributed by atoms with Crippen LogP contribution in [-0.2, 0) is 0 Å². The van der Waals surface area contributed by atoms with Crippen LogP contribution in [0.25, 0.3) is 0 Å². The summed E-state index contributed by atoms with van der Waals surface area (Å²) in [5.41, 5.74) is 2.61. The Balaban J connectivity index is 2.93. The molecular formula is C9H12BrN. The van der Waals surface area contributed by atoms with Crippen LogP contribution in [0, 0.1) is 6.92 Å². The van der Waals surface area contributed by atoms with E-state index in [1.165, 1.54) is 11.1 Å². The summed E-state index contributed by atoms with van der Waals surface area (Å²) in [5.74, 6) is 0. The molecule has 60 valence electrons. The average Bonchev–Trinajstić information content (AvgIpc) is 2.04. The van der Waals surface area contributed by atoms with Crippen LogP contribution in [0.5, 0.6) is 0 Å². The third-order valence-electron chi connectivity index (χ3n) is 1.71. The molecule has 11 heavy (non-hydrogen) atoms. The van der Waals surface area contributed by atoms with Gasteiger partial charge in [-0.2, -0.15) is 0 Å². The summed E-state index contributed by atoms with van der Waals surface area (Å²) < 4.78 is 0. The molecule has 0 radical (unpaired) electrons. The molecule has 1 aromatic rings. The monoisotopic (exact) mass is 213 g/mol. The van der Waals surface area contributed by atoms with Gasteiger partial charge >= 0.3 is 0 Å². The molecule has 0 aromatic heterocycles. The Bertz CT molecular complexity index is 235. The first kappa shape index (κ1) is 8.75. The van der Waals surface area contributed by atoms with Gasteiger partial charge < -0.3 is 5.32 Å². The highest BCUT2D eigenvalue weighted by molar-refractivity contribution is 9.09. The zero-order valence-corrected chi connectivity index (χ0v) is 8.35. The van der Waals surface area contributed by atoms with E-state index in [2.05, 4.69) is 40.3 Å². The van der Waals surface area contributed by atoms with Crippen molar-refractivity contribution in [3.05, 3.63) is 35.4 Å². The number of hydrogen-bond donors (Lipinski definition) is 1. The summed E-state index contributed by atoms with van der Waals surface area (Å²) in [5, 5.41) is 3.14. The van der Waals surface area contributed by atoms with Gasteiger partial charge in [0.2, 0.25) is 0 Å². The minimum Gasteiger partial charge on any atom is -0.304 e. The zero-order chi connectivity index (χ0) is 8.27. The fraction of sp³-hybridized carbons (Fsp3) is 0.333. The smallest absolute Gasteiger partial charge is 0.0886 e. The van der Waals surface area contributed by atoms with Crippen molar-refractivity contribution in [2.24, 2.45) is 0 Å². The van der Waals surface area contributed by atoms with Crippen LogP contribution in [0.2, 0.25) is 0 Å². The summed E-state index contributed by atoms with van der Waals surface area (Å²) in [6, 6.07) is 8.33. The molecule has 0 spiro atoms. The van der Waals surface area contributed by atoms with Gasteiger partial charge in [-0.3, -0.25) is 0 Å². The van der Waals surface area contributed by atoms with E-state index in [9.17, 15) is 0 Å². The van der Waals surface area contributed by atoms with Gasteiger partial charge in [-0.05, 0) is 25.1 Å². The summed E-state index contributed by atoms with van der Waals surface area (Å²) in [4.78, 5) is 0.267. The first-order valence-electron chi connectivity index (χ1n) is 3.62. The van der Waals surface area contributed by atoms with Crippen molar-refractivity contribution in [2.75, 3.05) is 7.05 Å². The van der Waals surface area contributed by atoms with E-state index in [1.54, 1.807) is 0 Å². The maximum absolute atomic E-state index is 3.52. The van der Waals surface area contributed by atoms with Gasteiger partial charge in [-0.25, -0.2) is 0 Å².